The second-order valence-electron chi connectivity index (χ2n) is 10.1. The summed E-state index contributed by atoms with van der Waals surface area (Å²) in [5, 5.41) is 1.57. The Hall–Kier alpha value is -4.76. The third-order valence-corrected chi connectivity index (χ3v) is 7.32. The largest absolute Gasteiger partial charge is 0.366 e. The van der Waals surface area contributed by atoms with Crippen LogP contribution in [0.4, 0.5) is 8.78 Å². The van der Waals surface area contributed by atoms with Crippen LogP contribution in [-0.2, 0) is 0 Å². The monoisotopic (exact) mass is 574 g/mol. The molecular formula is C31H25ClF2N4O3. The fraction of sp³-hybridized carbons (Fsp3) is 0.129. The number of amides is 1. The second kappa shape index (κ2) is 10.3. The normalized spacial score (nSPS) is 12.4. The van der Waals surface area contributed by atoms with Crippen molar-refractivity contribution in [2.24, 2.45) is 5.73 Å². The van der Waals surface area contributed by atoms with Gasteiger partial charge in [-0.05, 0) is 48.3 Å². The van der Waals surface area contributed by atoms with Crippen molar-refractivity contribution < 1.29 is 13.6 Å². The highest BCUT2D eigenvalue weighted by molar-refractivity contribution is 6.36. The molecule has 0 aliphatic carbocycles. The van der Waals surface area contributed by atoms with Gasteiger partial charge in [0.2, 0.25) is 0 Å². The number of nitrogens with one attached hydrogen (secondary N) is 2. The summed E-state index contributed by atoms with van der Waals surface area (Å²) in [4.78, 5) is 43.3. The van der Waals surface area contributed by atoms with Gasteiger partial charge in [0.05, 0.1) is 22.0 Å². The van der Waals surface area contributed by atoms with Gasteiger partial charge in [0.25, 0.3) is 11.5 Å². The first kappa shape index (κ1) is 27.8. The number of halogens is 3. The van der Waals surface area contributed by atoms with E-state index in [1.807, 2.05) is 25.1 Å². The molecule has 41 heavy (non-hydrogen) atoms. The molecule has 1 amide bonds. The van der Waals surface area contributed by atoms with E-state index in [0.29, 0.717) is 38.2 Å². The van der Waals surface area contributed by atoms with Gasteiger partial charge in [-0.1, -0.05) is 56.3 Å². The lowest BCUT2D eigenvalue weighted by atomic mass is 9.95. The van der Waals surface area contributed by atoms with Gasteiger partial charge in [-0.2, -0.15) is 0 Å². The zero-order valence-corrected chi connectivity index (χ0v) is 23.1. The maximum absolute atomic E-state index is 14.1. The molecule has 0 aliphatic rings. The molecule has 0 bridgehead atoms. The topological polar surface area (TPSA) is 114 Å². The molecule has 0 saturated carbocycles. The predicted molar refractivity (Wildman–Crippen MR) is 160 cm³/mol. The van der Waals surface area contributed by atoms with E-state index in [1.54, 1.807) is 12.2 Å². The SMILES string of the molecule is C=C(/C=C\C=C(/C)c1c(Cl)cc(C(N)=O)c2[nH]c3cc(C(C)C)ccc3c12)n1c(=O)[nH]c2c(F)cc(F)cc2c1=O. The van der Waals surface area contributed by atoms with Crippen LogP contribution >= 0.6 is 11.6 Å². The van der Waals surface area contributed by atoms with Crippen molar-refractivity contribution in [1.29, 1.82) is 0 Å². The number of aromatic nitrogens is 3. The van der Waals surface area contributed by atoms with E-state index in [4.69, 9.17) is 17.3 Å². The van der Waals surface area contributed by atoms with E-state index < -0.39 is 28.8 Å². The molecule has 2 aromatic heterocycles. The maximum Gasteiger partial charge on any atom is 0.333 e. The first-order valence-corrected chi connectivity index (χ1v) is 13.0. The van der Waals surface area contributed by atoms with E-state index in [0.717, 1.165) is 27.9 Å². The second-order valence-corrected chi connectivity index (χ2v) is 10.5. The zero-order chi connectivity index (χ0) is 29.7. The fourth-order valence-corrected chi connectivity index (χ4v) is 5.33. The molecular weight excluding hydrogens is 550 g/mol. The van der Waals surface area contributed by atoms with Gasteiger partial charge in [-0.15, -0.1) is 0 Å². The van der Waals surface area contributed by atoms with Crippen LogP contribution in [0.25, 0.3) is 44.0 Å². The van der Waals surface area contributed by atoms with Crippen LogP contribution in [0.3, 0.4) is 0 Å². The molecule has 0 fully saturated rings. The number of hydrogen-bond donors (Lipinski definition) is 3. The van der Waals surface area contributed by atoms with Gasteiger partial charge in [0, 0.05) is 38.6 Å². The number of benzene rings is 3. The van der Waals surface area contributed by atoms with Crippen molar-refractivity contribution in [2.75, 3.05) is 0 Å². The summed E-state index contributed by atoms with van der Waals surface area (Å²) in [6.07, 6.45) is 4.68. The lowest BCUT2D eigenvalue weighted by Gasteiger charge is -2.10. The highest BCUT2D eigenvalue weighted by atomic mass is 35.5. The first-order valence-electron chi connectivity index (χ1n) is 12.6. The summed E-state index contributed by atoms with van der Waals surface area (Å²) in [6, 6.07) is 8.98. The number of carbonyl (C=O) groups is 1. The summed E-state index contributed by atoms with van der Waals surface area (Å²) in [5.74, 6) is -2.33. The Morgan fingerprint density at radius 3 is 2.49 bits per heavy atom. The number of carbonyl (C=O) groups excluding carboxylic acids is 1. The van der Waals surface area contributed by atoms with Gasteiger partial charge >= 0.3 is 5.69 Å². The quantitative estimate of drug-likeness (QED) is 0.198. The van der Waals surface area contributed by atoms with E-state index in [9.17, 15) is 23.2 Å². The van der Waals surface area contributed by atoms with Crippen LogP contribution in [0.2, 0.25) is 5.02 Å². The molecule has 0 radical (unpaired) electrons. The molecule has 0 unspecified atom stereocenters. The summed E-state index contributed by atoms with van der Waals surface area (Å²) >= 11 is 6.69. The van der Waals surface area contributed by atoms with E-state index in [2.05, 4.69) is 30.4 Å². The standard InChI is InChI=1S/C31H25ClF2N4O3/c1-14(2)17-8-9-19-24(10-17)36-28-20(29(35)39)13-22(32)25(26(19)28)15(3)6-5-7-16(4)38-30(40)21-11-18(33)12-23(34)27(21)37-31(38)41/h5-14,36H,4H2,1-3H3,(H2,35,39)(H,37,41)/b7-5-,15-6+. The van der Waals surface area contributed by atoms with Crippen LogP contribution in [0.5, 0.6) is 0 Å². The van der Waals surface area contributed by atoms with Crippen LogP contribution in [-0.4, -0.2) is 20.4 Å². The molecule has 3 aromatic carbocycles. The number of H-pyrrole nitrogens is 2. The highest BCUT2D eigenvalue weighted by Gasteiger charge is 2.20. The number of primary amides is 1. The van der Waals surface area contributed by atoms with Crippen molar-refractivity contribution in [3.05, 3.63) is 115 Å². The summed E-state index contributed by atoms with van der Waals surface area (Å²) in [5.41, 5.74) is 7.56. The average Bonchev–Trinajstić information content (AvgIpc) is 3.27. The molecule has 0 saturated heterocycles. The molecule has 7 nitrogen and oxygen atoms in total. The third kappa shape index (κ3) is 4.78. The Labute approximate surface area is 237 Å². The van der Waals surface area contributed by atoms with Gasteiger partial charge in [-0.3, -0.25) is 9.59 Å². The molecule has 208 valence electrons. The number of nitrogens with two attached hydrogens (primary N) is 1. The molecule has 4 N–H and O–H groups in total. The minimum atomic E-state index is -1.05. The fourth-order valence-electron chi connectivity index (χ4n) is 4.97. The number of nitrogens with zero attached hydrogens (tertiary/aromatic N) is 1. The Morgan fingerprint density at radius 1 is 1.07 bits per heavy atom. The average molecular weight is 575 g/mol. The van der Waals surface area contributed by atoms with Crippen molar-refractivity contribution >= 4 is 61.5 Å². The number of allylic oxidation sites excluding steroid dienone is 5. The van der Waals surface area contributed by atoms with Gasteiger partial charge < -0.3 is 15.7 Å². The minimum Gasteiger partial charge on any atom is -0.366 e. The number of aromatic amines is 2. The van der Waals surface area contributed by atoms with Crippen molar-refractivity contribution in [3.8, 4) is 0 Å². The summed E-state index contributed by atoms with van der Waals surface area (Å²) in [6.45, 7) is 9.77. The zero-order valence-electron chi connectivity index (χ0n) is 22.4. The predicted octanol–water partition coefficient (Wildman–Crippen LogP) is 6.61. The molecule has 0 spiro atoms. The molecule has 0 aliphatic heterocycles. The molecule has 0 atom stereocenters. The van der Waals surface area contributed by atoms with Crippen molar-refractivity contribution in [2.45, 2.75) is 26.7 Å². The molecule has 10 heteroatoms. The maximum atomic E-state index is 14.1. The summed E-state index contributed by atoms with van der Waals surface area (Å²) < 4.78 is 28.5. The third-order valence-electron chi connectivity index (χ3n) is 7.02. The number of rotatable bonds is 6. The van der Waals surface area contributed by atoms with Gasteiger partial charge in [0.15, 0.2) is 5.82 Å². The van der Waals surface area contributed by atoms with Crippen molar-refractivity contribution in [3.63, 3.8) is 0 Å². The van der Waals surface area contributed by atoms with Crippen LogP contribution < -0.4 is 17.0 Å². The minimum absolute atomic E-state index is 0.0273. The number of hydrogen-bond acceptors (Lipinski definition) is 3. The Morgan fingerprint density at radius 2 is 1.80 bits per heavy atom. The Kier molecular flexibility index (Phi) is 7.00. The van der Waals surface area contributed by atoms with Crippen molar-refractivity contribution in [1.82, 2.24) is 14.5 Å². The Bertz CT molecular complexity index is 2120. The lowest BCUT2D eigenvalue weighted by Crippen LogP contribution is -2.34. The van der Waals surface area contributed by atoms with Gasteiger partial charge in [0.1, 0.15) is 5.82 Å². The highest BCUT2D eigenvalue weighted by Crippen LogP contribution is 2.39. The molecule has 5 aromatic rings. The molecule has 2 heterocycles. The van der Waals surface area contributed by atoms with E-state index in [-0.39, 0.29) is 22.2 Å². The summed E-state index contributed by atoms with van der Waals surface area (Å²) in [7, 11) is 0. The van der Waals surface area contributed by atoms with Crippen LogP contribution in [0.1, 0.15) is 48.2 Å². The molecule has 5 rings (SSSR count). The van der Waals surface area contributed by atoms with E-state index >= 15 is 0 Å². The smallest absolute Gasteiger partial charge is 0.333 e. The van der Waals surface area contributed by atoms with Crippen LogP contribution in [0.15, 0.2) is 70.8 Å². The Balaban J connectivity index is 1.61. The number of fused-ring (bicyclic) bond motifs is 4. The van der Waals surface area contributed by atoms with Crippen LogP contribution in [0, 0.1) is 11.6 Å². The first-order chi connectivity index (χ1) is 19.4. The van der Waals surface area contributed by atoms with E-state index in [1.165, 1.54) is 12.1 Å². The van der Waals surface area contributed by atoms with Gasteiger partial charge in [-0.25, -0.2) is 18.1 Å². The lowest BCUT2D eigenvalue weighted by molar-refractivity contribution is 0.100.